The largest absolute Gasteiger partial charge is 0.384 e. The predicted octanol–water partition coefficient (Wildman–Crippen LogP) is 1.93. The van der Waals surface area contributed by atoms with Crippen LogP contribution < -0.4 is 11.1 Å². The number of likely N-dealkylation sites (N-methyl/N-ethyl adjacent to an activating group) is 1. The standard InChI is InChI=1S/C13H25N5/c1-9(2)12-16-10(14)7-11(17-12)15-8-13(3,4)18(5)6/h7,9H,8H2,1-6H3,(H3,14,15,16,17). The Kier molecular flexibility index (Phi) is 4.51. The fraction of sp³-hybridized carbons (Fsp3) is 0.692. The molecule has 0 spiro atoms. The second-order valence-corrected chi connectivity index (χ2v) is 5.75. The van der Waals surface area contributed by atoms with E-state index in [1.807, 2.05) is 0 Å². The highest BCUT2D eigenvalue weighted by atomic mass is 15.2. The Morgan fingerprint density at radius 1 is 1.33 bits per heavy atom. The second-order valence-electron chi connectivity index (χ2n) is 5.75. The SMILES string of the molecule is CC(C)c1nc(N)cc(NCC(C)(C)N(C)C)n1. The summed E-state index contributed by atoms with van der Waals surface area (Å²) in [6.07, 6.45) is 0. The molecule has 1 heterocycles. The van der Waals surface area contributed by atoms with Crippen molar-refractivity contribution in [2.45, 2.75) is 39.2 Å². The zero-order chi connectivity index (χ0) is 13.9. The Morgan fingerprint density at radius 2 is 1.94 bits per heavy atom. The zero-order valence-corrected chi connectivity index (χ0v) is 12.3. The molecule has 0 atom stereocenters. The molecular formula is C13H25N5. The van der Waals surface area contributed by atoms with Gasteiger partial charge < -0.3 is 16.0 Å². The highest BCUT2D eigenvalue weighted by Gasteiger charge is 2.20. The Hall–Kier alpha value is -1.36. The van der Waals surface area contributed by atoms with Gasteiger partial charge in [-0.05, 0) is 27.9 Å². The third kappa shape index (κ3) is 3.84. The minimum absolute atomic E-state index is 0.0533. The molecule has 0 amide bonds. The molecule has 0 fully saturated rings. The quantitative estimate of drug-likeness (QED) is 0.837. The van der Waals surface area contributed by atoms with E-state index in [4.69, 9.17) is 5.73 Å². The molecule has 18 heavy (non-hydrogen) atoms. The van der Waals surface area contributed by atoms with E-state index in [0.29, 0.717) is 5.82 Å². The number of rotatable bonds is 5. The van der Waals surface area contributed by atoms with Crippen molar-refractivity contribution < 1.29 is 0 Å². The van der Waals surface area contributed by atoms with Crippen molar-refractivity contribution in [1.29, 1.82) is 0 Å². The molecule has 0 aliphatic rings. The second kappa shape index (κ2) is 5.52. The molecule has 1 rings (SSSR count). The maximum atomic E-state index is 5.79. The van der Waals surface area contributed by atoms with Gasteiger partial charge in [0.2, 0.25) is 0 Å². The van der Waals surface area contributed by atoms with Gasteiger partial charge in [0.1, 0.15) is 17.5 Å². The number of hydrogen-bond acceptors (Lipinski definition) is 5. The van der Waals surface area contributed by atoms with E-state index in [1.165, 1.54) is 0 Å². The molecule has 0 saturated carbocycles. The maximum absolute atomic E-state index is 5.79. The molecular weight excluding hydrogens is 226 g/mol. The van der Waals surface area contributed by atoms with Crippen molar-refractivity contribution in [3.8, 4) is 0 Å². The molecule has 1 aromatic heterocycles. The summed E-state index contributed by atoms with van der Waals surface area (Å²) >= 11 is 0. The molecule has 0 radical (unpaired) electrons. The Morgan fingerprint density at radius 3 is 2.44 bits per heavy atom. The van der Waals surface area contributed by atoms with E-state index in [2.05, 4.69) is 62.0 Å². The minimum atomic E-state index is 0.0533. The fourth-order valence-corrected chi connectivity index (χ4v) is 1.30. The number of nitrogens with zero attached hydrogens (tertiary/aromatic N) is 3. The zero-order valence-electron chi connectivity index (χ0n) is 12.3. The number of nitrogens with one attached hydrogen (secondary N) is 1. The molecule has 5 heteroatoms. The summed E-state index contributed by atoms with van der Waals surface area (Å²) in [6, 6.07) is 1.78. The molecule has 3 N–H and O–H groups in total. The van der Waals surface area contributed by atoms with Gasteiger partial charge in [-0.3, -0.25) is 0 Å². The molecule has 0 unspecified atom stereocenters. The molecule has 1 aromatic rings. The Balaban J connectivity index is 2.79. The van der Waals surface area contributed by atoms with Gasteiger partial charge in [0.25, 0.3) is 0 Å². The summed E-state index contributed by atoms with van der Waals surface area (Å²) < 4.78 is 0. The van der Waals surface area contributed by atoms with Gasteiger partial charge in [0.05, 0.1) is 0 Å². The summed E-state index contributed by atoms with van der Waals surface area (Å²) in [5, 5.41) is 3.33. The van der Waals surface area contributed by atoms with Crippen molar-refractivity contribution in [3.63, 3.8) is 0 Å². The van der Waals surface area contributed by atoms with Crippen LogP contribution in [-0.2, 0) is 0 Å². The molecule has 0 aromatic carbocycles. The van der Waals surface area contributed by atoms with Crippen molar-refractivity contribution in [1.82, 2.24) is 14.9 Å². The maximum Gasteiger partial charge on any atom is 0.135 e. The summed E-state index contributed by atoms with van der Waals surface area (Å²) in [4.78, 5) is 10.9. The first-order valence-electron chi connectivity index (χ1n) is 6.28. The number of aromatic nitrogens is 2. The van der Waals surface area contributed by atoms with Crippen LogP contribution in [0.2, 0.25) is 0 Å². The van der Waals surface area contributed by atoms with E-state index in [9.17, 15) is 0 Å². The van der Waals surface area contributed by atoms with Gasteiger partial charge in [-0.2, -0.15) is 0 Å². The monoisotopic (exact) mass is 251 g/mol. The summed E-state index contributed by atoms with van der Waals surface area (Å²) in [7, 11) is 4.13. The van der Waals surface area contributed by atoms with E-state index in [1.54, 1.807) is 6.07 Å². The molecule has 0 aliphatic heterocycles. The van der Waals surface area contributed by atoms with Crippen molar-refractivity contribution in [3.05, 3.63) is 11.9 Å². The lowest BCUT2D eigenvalue weighted by molar-refractivity contribution is 0.210. The number of nitrogen functional groups attached to an aromatic ring is 1. The number of hydrogen-bond donors (Lipinski definition) is 2. The van der Waals surface area contributed by atoms with Crippen LogP contribution in [0, 0.1) is 0 Å². The highest BCUT2D eigenvalue weighted by Crippen LogP contribution is 2.17. The average Bonchev–Trinajstić information content (AvgIpc) is 2.25. The lowest BCUT2D eigenvalue weighted by Crippen LogP contribution is -2.44. The number of nitrogens with two attached hydrogens (primary N) is 1. The van der Waals surface area contributed by atoms with Crippen LogP contribution in [0.3, 0.4) is 0 Å². The topological polar surface area (TPSA) is 67.1 Å². The first-order valence-corrected chi connectivity index (χ1v) is 6.28. The van der Waals surface area contributed by atoms with Crippen molar-refractivity contribution in [2.75, 3.05) is 31.7 Å². The Labute approximate surface area is 110 Å². The lowest BCUT2D eigenvalue weighted by Gasteiger charge is -2.32. The van der Waals surface area contributed by atoms with Crippen LogP contribution in [0.25, 0.3) is 0 Å². The third-order valence-corrected chi connectivity index (χ3v) is 3.19. The fourth-order valence-electron chi connectivity index (χ4n) is 1.30. The molecule has 0 bridgehead atoms. The average molecular weight is 251 g/mol. The first-order chi connectivity index (χ1) is 8.22. The Bertz CT molecular complexity index is 398. The molecule has 102 valence electrons. The van der Waals surface area contributed by atoms with Gasteiger partial charge in [-0.1, -0.05) is 13.8 Å². The van der Waals surface area contributed by atoms with Crippen molar-refractivity contribution >= 4 is 11.6 Å². The van der Waals surface area contributed by atoms with Gasteiger partial charge in [-0.15, -0.1) is 0 Å². The van der Waals surface area contributed by atoms with E-state index < -0.39 is 0 Å². The predicted molar refractivity (Wildman–Crippen MR) is 76.8 cm³/mol. The van der Waals surface area contributed by atoms with Crippen molar-refractivity contribution in [2.24, 2.45) is 0 Å². The molecule has 0 saturated heterocycles. The third-order valence-electron chi connectivity index (χ3n) is 3.19. The van der Waals surface area contributed by atoms with Crippen LogP contribution >= 0.6 is 0 Å². The van der Waals surface area contributed by atoms with E-state index >= 15 is 0 Å². The highest BCUT2D eigenvalue weighted by molar-refractivity contribution is 5.45. The molecule has 5 nitrogen and oxygen atoms in total. The van der Waals surface area contributed by atoms with Gasteiger partial charge in [-0.25, -0.2) is 9.97 Å². The van der Waals surface area contributed by atoms with E-state index in [-0.39, 0.29) is 11.5 Å². The lowest BCUT2D eigenvalue weighted by atomic mass is 10.0. The minimum Gasteiger partial charge on any atom is -0.384 e. The summed E-state index contributed by atoms with van der Waals surface area (Å²) in [5.74, 6) is 2.36. The van der Waals surface area contributed by atoms with Gasteiger partial charge >= 0.3 is 0 Å². The van der Waals surface area contributed by atoms with Crippen LogP contribution in [-0.4, -0.2) is 41.0 Å². The van der Waals surface area contributed by atoms with Crippen LogP contribution in [0.15, 0.2) is 6.07 Å². The van der Waals surface area contributed by atoms with Crippen LogP contribution in [0.5, 0.6) is 0 Å². The molecule has 0 aliphatic carbocycles. The summed E-state index contributed by atoms with van der Waals surface area (Å²) in [5.41, 5.74) is 5.85. The number of anilines is 2. The van der Waals surface area contributed by atoms with Crippen LogP contribution in [0.1, 0.15) is 39.4 Å². The summed E-state index contributed by atoms with van der Waals surface area (Å²) in [6.45, 7) is 9.26. The van der Waals surface area contributed by atoms with Gasteiger partial charge in [0, 0.05) is 24.1 Å². The normalized spacial score (nSPS) is 12.2. The van der Waals surface area contributed by atoms with Crippen LogP contribution in [0.4, 0.5) is 11.6 Å². The van der Waals surface area contributed by atoms with Gasteiger partial charge in [0.15, 0.2) is 0 Å². The first kappa shape index (κ1) is 14.7. The van der Waals surface area contributed by atoms with E-state index in [0.717, 1.165) is 18.2 Å². The smallest absolute Gasteiger partial charge is 0.135 e.